The number of carbonyl (C=O) groups is 1. The van der Waals surface area contributed by atoms with Crippen molar-refractivity contribution in [2.45, 2.75) is 39.0 Å². The van der Waals surface area contributed by atoms with E-state index in [0.29, 0.717) is 18.6 Å². The molecule has 1 saturated heterocycles. The summed E-state index contributed by atoms with van der Waals surface area (Å²) >= 11 is 0. The number of hydrogen-bond donors (Lipinski definition) is 0. The van der Waals surface area contributed by atoms with E-state index in [0.717, 1.165) is 12.9 Å². The number of nitrogens with zero attached hydrogens (tertiary/aromatic N) is 1. The van der Waals surface area contributed by atoms with E-state index in [-0.39, 0.29) is 6.10 Å². The maximum absolute atomic E-state index is 10.4. The highest BCUT2D eigenvalue weighted by atomic mass is 16.5. The second kappa shape index (κ2) is 4.01. The smallest absolute Gasteiger partial charge is 0.134 e. The van der Waals surface area contributed by atoms with Crippen LogP contribution in [-0.4, -0.2) is 42.5 Å². The Morgan fingerprint density at radius 2 is 2.17 bits per heavy atom. The molecule has 1 fully saturated rings. The van der Waals surface area contributed by atoms with Gasteiger partial charge in [0.15, 0.2) is 0 Å². The summed E-state index contributed by atoms with van der Waals surface area (Å²) in [7, 11) is 0. The Labute approximate surface area is 73.7 Å². The SMILES string of the molecule is CC1OCC(C)N(CC=O)C1C. The molecule has 0 radical (unpaired) electrons. The lowest BCUT2D eigenvalue weighted by molar-refractivity contribution is -0.117. The Balaban J connectivity index is 2.58. The van der Waals surface area contributed by atoms with Crippen molar-refractivity contribution in [3.05, 3.63) is 0 Å². The van der Waals surface area contributed by atoms with Gasteiger partial charge in [0.1, 0.15) is 6.29 Å². The van der Waals surface area contributed by atoms with Crippen molar-refractivity contribution in [3.8, 4) is 0 Å². The summed E-state index contributed by atoms with van der Waals surface area (Å²) in [6.07, 6.45) is 1.20. The van der Waals surface area contributed by atoms with Gasteiger partial charge in [-0.3, -0.25) is 4.90 Å². The first kappa shape index (κ1) is 9.68. The molecule has 0 aromatic rings. The van der Waals surface area contributed by atoms with E-state index in [1.165, 1.54) is 0 Å². The van der Waals surface area contributed by atoms with E-state index >= 15 is 0 Å². The summed E-state index contributed by atoms with van der Waals surface area (Å²) in [6, 6.07) is 0.709. The van der Waals surface area contributed by atoms with Crippen molar-refractivity contribution in [2.75, 3.05) is 13.2 Å². The lowest BCUT2D eigenvalue weighted by Crippen LogP contribution is -2.53. The number of carbonyl (C=O) groups excluding carboxylic acids is 1. The maximum Gasteiger partial charge on any atom is 0.134 e. The fourth-order valence-corrected chi connectivity index (χ4v) is 1.63. The molecule has 0 aromatic heterocycles. The second-order valence-corrected chi connectivity index (χ2v) is 3.49. The van der Waals surface area contributed by atoms with Crippen LogP contribution < -0.4 is 0 Å². The van der Waals surface area contributed by atoms with Gasteiger partial charge in [-0.25, -0.2) is 0 Å². The van der Waals surface area contributed by atoms with Crippen molar-refractivity contribution in [2.24, 2.45) is 0 Å². The molecule has 1 aliphatic heterocycles. The van der Waals surface area contributed by atoms with Crippen LogP contribution in [0, 0.1) is 0 Å². The predicted molar refractivity (Wildman–Crippen MR) is 47.1 cm³/mol. The topological polar surface area (TPSA) is 29.5 Å². The summed E-state index contributed by atoms with van der Waals surface area (Å²) in [6.45, 7) is 7.50. The molecule has 3 nitrogen and oxygen atoms in total. The maximum atomic E-state index is 10.4. The van der Waals surface area contributed by atoms with E-state index in [1.807, 2.05) is 6.92 Å². The highest BCUT2D eigenvalue weighted by molar-refractivity contribution is 5.52. The van der Waals surface area contributed by atoms with Crippen LogP contribution in [0.15, 0.2) is 0 Å². The van der Waals surface area contributed by atoms with Crippen molar-refractivity contribution in [3.63, 3.8) is 0 Å². The minimum absolute atomic E-state index is 0.237. The molecular weight excluding hydrogens is 154 g/mol. The second-order valence-electron chi connectivity index (χ2n) is 3.49. The van der Waals surface area contributed by atoms with Crippen molar-refractivity contribution < 1.29 is 9.53 Å². The molecule has 1 heterocycles. The molecule has 3 atom stereocenters. The first-order chi connectivity index (χ1) is 5.66. The molecule has 70 valence electrons. The Kier molecular flexibility index (Phi) is 3.23. The third kappa shape index (κ3) is 1.84. The van der Waals surface area contributed by atoms with Gasteiger partial charge < -0.3 is 9.53 Å². The third-order valence-corrected chi connectivity index (χ3v) is 2.65. The van der Waals surface area contributed by atoms with Crippen molar-refractivity contribution in [1.29, 1.82) is 0 Å². The van der Waals surface area contributed by atoms with E-state index in [9.17, 15) is 4.79 Å². The summed E-state index contributed by atoms with van der Waals surface area (Å²) in [5.41, 5.74) is 0. The van der Waals surface area contributed by atoms with Gasteiger partial charge in [-0.15, -0.1) is 0 Å². The number of morpholine rings is 1. The number of rotatable bonds is 2. The van der Waals surface area contributed by atoms with Gasteiger partial charge in [0.05, 0.1) is 19.3 Å². The van der Waals surface area contributed by atoms with E-state index in [4.69, 9.17) is 4.74 Å². The first-order valence-electron chi connectivity index (χ1n) is 4.47. The average Bonchev–Trinajstić information content (AvgIpc) is 2.06. The van der Waals surface area contributed by atoms with Crippen molar-refractivity contribution in [1.82, 2.24) is 4.90 Å². The van der Waals surface area contributed by atoms with Crippen molar-refractivity contribution >= 4 is 6.29 Å². The van der Waals surface area contributed by atoms with Crippen LogP contribution in [-0.2, 0) is 9.53 Å². The molecule has 0 amide bonds. The number of aldehydes is 1. The molecule has 0 aromatic carbocycles. The van der Waals surface area contributed by atoms with Gasteiger partial charge in [0.25, 0.3) is 0 Å². The average molecular weight is 171 g/mol. The molecule has 1 rings (SSSR count). The first-order valence-corrected chi connectivity index (χ1v) is 4.47. The standard InChI is InChI=1S/C9H17NO2/c1-7-6-12-9(3)8(2)10(7)4-5-11/h5,7-9H,4,6H2,1-3H3. The number of ether oxygens (including phenoxy) is 1. The lowest BCUT2D eigenvalue weighted by Gasteiger charge is -2.41. The Morgan fingerprint density at radius 1 is 1.50 bits per heavy atom. The van der Waals surface area contributed by atoms with Crippen LogP contribution in [0.2, 0.25) is 0 Å². The minimum atomic E-state index is 0.237. The Hall–Kier alpha value is -0.410. The van der Waals surface area contributed by atoms with Crippen LogP contribution >= 0.6 is 0 Å². The zero-order valence-electron chi connectivity index (χ0n) is 7.99. The lowest BCUT2D eigenvalue weighted by atomic mass is 10.1. The molecule has 0 bridgehead atoms. The molecule has 3 unspecified atom stereocenters. The molecule has 0 N–H and O–H groups in total. The third-order valence-electron chi connectivity index (χ3n) is 2.65. The van der Waals surface area contributed by atoms with E-state index in [2.05, 4.69) is 18.7 Å². The highest BCUT2D eigenvalue weighted by Gasteiger charge is 2.29. The summed E-state index contributed by atoms with van der Waals surface area (Å²) in [5.74, 6) is 0. The van der Waals surface area contributed by atoms with Gasteiger partial charge in [0, 0.05) is 12.1 Å². The monoisotopic (exact) mass is 171 g/mol. The van der Waals surface area contributed by atoms with Crippen LogP contribution in [0.25, 0.3) is 0 Å². The fourth-order valence-electron chi connectivity index (χ4n) is 1.63. The van der Waals surface area contributed by atoms with Gasteiger partial charge in [-0.05, 0) is 20.8 Å². The normalized spacial score (nSPS) is 38.1. The van der Waals surface area contributed by atoms with Gasteiger partial charge in [-0.1, -0.05) is 0 Å². The zero-order valence-corrected chi connectivity index (χ0v) is 7.99. The van der Waals surface area contributed by atoms with Crippen LogP contribution in [0.3, 0.4) is 0 Å². The zero-order chi connectivity index (χ0) is 9.14. The largest absolute Gasteiger partial charge is 0.375 e. The molecule has 3 heteroatoms. The van der Waals surface area contributed by atoms with Gasteiger partial charge in [-0.2, -0.15) is 0 Å². The Bertz CT molecular complexity index is 161. The summed E-state index contributed by atoms with van der Waals surface area (Å²) < 4.78 is 5.52. The molecule has 0 saturated carbocycles. The van der Waals surface area contributed by atoms with Crippen LogP contribution in [0.1, 0.15) is 20.8 Å². The fraction of sp³-hybridized carbons (Fsp3) is 0.889. The summed E-state index contributed by atoms with van der Waals surface area (Å²) in [5, 5.41) is 0. The molecule has 0 spiro atoms. The van der Waals surface area contributed by atoms with E-state index in [1.54, 1.807) is 0 Å². The molecular formula is C9H17NO2. The quantitative estimate of drug-likeness (QED) is 0.572. The van der Waals surface area contributed by atoms with E-state index < -0.39 is 0 Å². The number of hydrogen-bond acceptors (Lipinski definition) is 3. The minimum Gasteiger partial charge on any atom is -0.375 e. The van der Waals surface area contributed by atoms with Crippen LogP contribution in [0.5, 0.6) is 0 Å². The molecule has 1 aliphatic rings. The Morgan fingerprint density at radius 3 is 2.75 bits per heavy atom. The predicted octanol–water partition coefficient (Wildman–Crippen LogP) is 0.683. The molecule has 12 heavy (non-hydrogen) atoms. The van der Waals surface area contributed by atoms with Crippen LogP contribution in [0.4, 0.5) is 0 Å². The van der Waals surface area contributed by atoms with Gasteiger partial charge in [0.2, 0.25) is 0 Å². The molecule has 0 aliphatic carbocycles. The summed E-state index contributed by atoms with van der Waals surface area (Å²) in [4.78, 5) is 12.6. The highest BCUT2D eigenvalue weighted by Crippen LogP contribution is 2.17. The van der Waals surface area contributed by atoms with Gasteiger partial charge >= 0.3 is 0 Å².